The van der Waals surface area contributed by atoms with Gasteiger partial charge >= 0.3 is 5.97 Å². The van der Waals surface area contributed by atoms with Crippen LogP contribution < -0.4 is 5.32 Å². The fraction of sp³-hybridized carbons (Fsp3) is 0.600. The van der Waals surface area contributed by atoms with Crippen LogP contribution in [0, 0.1) is 6.92 Å². The van der Waals surface area contributed by atoms with Gasteiger partial charge in [-0.05, 0) is 13.8 Å². The number of hydrogen-bond donors (Lipinski definition) is 1. The summed E-state index contributed by atoms with van der Waals surface area (Å²) in [5.74, 6) is -0.148. The van der Waals surface area contributed by atoms with Gasteiger partial charge in [0.15, 0.2) is 0 Å². The van der Waals surface area contributed by atoms with Gasteiger partial charge in [0.25, 0.3) is 0 Å². The summed E-state index contributed by atoms with van der Waals surface area (Å²) in [6.45, 7) is 5.66. The Morgan fingerprint density at radius 3 is 3.07 bits per heavy atom. The Kier molecular flexibility index (Phi) is 5.28. The molecule has 0 aliphatic heterocycles. The molecule has 1 aromatic heterocycles. The first-order valence-corrected chi connectivity index (χ1v) is 5.81. The zero-order chi connectivity index (χ0) is 11.1. The van der Waals surface area contributed by atoms with Crippen molar-refractivity contribution in [1.29, 1.82) is 0 Å². The molecule has 0 aliphatic carbocycles. The maximum atomic E-state index is 11.0. The summed E-state index contributed by atoms with van der Waals surface area (Å²) in [5.41, 5.74) is 0. The largest absolute Gasteiger partial charge is 0.466 e. The Balaban J connectivity index is 2.09. The molecular formula is C10H16N2O2S. The third-order valence-electron chi connectivity index (χ3n) is 1.78. The predicted octanol–water partition coefficient (Wildman–Crippen LogP) is 1.49. The number of thiazole rings is 1. The topological polar surface area (TPSA) is 51.2 Å². The lowest BCUT2D eigenvalue weighted by molar-refractivity contribution is -0.142. The molecule has 84 valence electrons. The number of carbonyl (C=O) groups is 1. The summed E-state index contributed by atoms with van der Waals surface area (Å²) in [6, 6.07) is 0. The molecule has 0 saturated heterocycles. The van der Waals surface area contributed by atoms with Gasteiger partial charge < -0.3 is 10.1 Å². The number of hydrogen-bond acceptors (Lipinski definition) is 5. The third-order valence-corrected chi connectivity index (χ3v) is 2.69. The highest BCUT2D eigenvalue weighted by Gasteiger charge is 2.01. The first kappa shape index (κ1) is 12.1. The SMILES string of the molecule is CCOC(=O)CCNCc1cnc(C)s1. The number of aromatic nitrogens is 1. The zero-order valence-corrected chi connectivity index (χ0v) is 9.89. The summed E-state index contributed by atoms with van der Waals surface area (Å²) in [4.78, 5) is 16.3. The van der Waals surface area contributed by atoms with E-state index < -0.39 is 0 Å². The number of esters is 1. The normalized spacial score (nSPS) is 10.3. The smallest absolute Gasteiger partial charge is 0.307 e. The van der Waals surface area contributed by atoms with E-state index in [9.17, 15) is 4.79 Å². The van der Waals surface area contributed by atoms with Crippen LogP contribution in [-0.4, -0.2) is 24.1 Å². The monoisotopic (exact) mass is 228 g/mol. The molecule has 0 unspecified atom stereocenters. The minimum Gasteiger partial charge on any atom is -0.466 e. The van der Waals surface area contributed by atoms with Gasteiger partial charge in [-0.3, -0.25) is 4.79 Å². The van der Waals surface area contributed by atoms with Crippen LogP contribution in [0.4, 0.5) is 0 Å². The molecule has 5 heteroatoms. The van der Waals surface area contributed by atoms with Gasteiger partial charge in [0.2, 0.25) is 0 Å². The molecule has 0 amide bonds. The minimum absolute atomic E-state index is 0.148. The molecule has 1 N–H and O–H groups in total. The van der Waals surface area contributed by atoms with Crippen LogP contribution >= 0.6 is 11.3 Å². The standard InChI is InChI=1S/C10H16N2O2S/c1-3-14-10(13)4-5-11-6-9-7-12-8(2)15-9/h7,11H,3-6H2,1-2H3. The lowest BCUT2D eigenvalue weighted by Gasteiger charge is -2.02. The van der Waals surface area contributed by atoms with Gasteiger partial charge in [0.05, 0.1) is 18.0 Å². The van der Waals surface area contributed by atoms with Crippen LogP contribution in [0.15, 0.2) is 6.20 Å². The van der Waals surface area contributed by atoms with Crippen LogP contribution in [0.25, 0.3) is 0 Å². The van der Waals surface area contributed by atoms with E-state index in [1.54, 1.807) is 11.3 Å². The van der Waals surface area contributed by atoms with Crippen molar-refractivity contribution in [3.05, 3.63) is 16.1 Å². The van der Waals surface area contributed by atoms with E-state index >= 15 is 0 Å². The molecule has 0 saturated carbocycles. The van der Waals surface area contributed by atoms with Gasteiger partial charge in [0, 0.05) is 24.2 Å². The summed E-state index contributed by atoms with van der Waals surface area (Å²) in [6.07, 6.45) is 2.28. The Bertz CT molecular complexity index is 312. The second kappa shape index (κ2) is 6.53. The highest BCUT2D eigenvalue weighted by Crippen LogP contribution is 2.10. The third kappa shape index (κ3) is 4.90. The maximum absolute atomic E-state index is 11.0. The van der Waals surface area contributed by atoms with E-state index in [0.29, 0.717) is 19.6 Å². The van der Waals surface area contributed by atoms with E-state index in [4.69, 9.17) is 4.74 Å². The van der Waals surface area contributed by atoms with Crippen molar-refractivity contribution in [3.63, 3.8) is 0 Å². The molecule has 0 bridgehead atoms. The van der Waals surface area contributed by atoms with Crippen LogP contribution in [0.5, 0.6) is 0 Å². The van der Waals surface area contributed by atoms with E-state index in [-0.39, 0.29) is 5.97 Å². The number of nitrogens with zero attached hydrogens (tertiary/aromatic N) is 1. The van der Waals surface area contributed by atoms with Crippen LogP contribution in [0.1, 0.15) is 23.2 Å². The molecule has 0 fully saturated rings. The quantitative estimate of drug-likeness (QED) is 0.592. The van der Waals surface area contributed by atoms with Crippen molar-refractivity contribution in [2.24, 2.45) is 0 Å². The molecule has 1 rings (SSSR count). The minimum atomic E-state index is -0.148. The van der Waals surface area contributed by atoms with Crippen molar-refractivity contribution in [2.45, 2.75) is 26.8 Å². The van der Waals surface area contributed by atoms with Gasteiger partial charge in [-0.25, -0.2) is 4.98 Å². The molecule has 0 radical (unpaired) electrons. The lowest BCUT2D eigenvalue weighted by Crippen LogP contribution is -2.18. The molecule has 1 heterocycles. The fourth-order valence-corrected chi connectivity index (χ4v) is 1.89. The van der Waals surface area contributed by atoms with E-state index in [1.165, 1.54) is 4.88 Å². The highest BCUT2D eigenvalue weighted by atomic mass is 32.1. The fourth-order valence-electron chi connectivity index (χ4n) is 1.12. The molecule has 1 aromatic rings. The van der Waals surface area contributed by atoms with E-state index in [2.05, 4.69) is 10.3 Å². The Labute approximate surface area is 93.7 Å². The van der Waals surface area contributed by atoms with E-state index in [1.807, 2.05) is 20.0 Å². The number of nitrogens with one attached hydrogen (secondary N) is 1. The lowest BCUT2D eigenvalue weighted by atomic mass is 10.4. The van der Waals surface area contributed by atoms with Crippen molar-refractivity contribution in [2.75, 3.05) is 13.2 Å². The number of ether oxygens (including phenoxy) is 1. The van der Waals surface area contributed by atoms with Crippen molar-refractivity contribution in [1.82, 2.24) is 10.3 Å². The second-order valence-corrected chi connectivity index (χ2v) is 4.40. The second-order valence-electron chi connectivity index (χ2n) is 3.08. The summed E-state index contributed by atoms with van der Waals surface area (Å²) in [7, 11) is 0. The predicted molar refractivity (Wildman–Crippen MR) is 59.8 cm³/mol. The Morgan fingerprint density at radius 1 is 1.67 bits per heavy atom. The Morgan fingerprint density at radius 2 is 2.47 bits per heavy atom. The molecule has 0 aliphatic rings. The number of carbonyl (C=O) groups excluding carboxylic acids is 1. The van der Waals surface area contributed by atoms with Gasteiger partial charge in [-0.2, -0.15) is 0 Å². The molecule has 15 heavy (non-hydrogen) atoms. The summed E-state index contributed by atoms with van der Waals surface area (Å²) in [5, 5.41) is 4.24. The molecule has 0 aromatic carbocycles. The van der Waals surface area contributed by atoms with Crippen LogP contribution in [0.2, 0.25) is 0 Å². The first-order valence-electron chi connectivity index (χ1n) is 5.00. The highest BCUT2D eigenvalue weighted by molar-refractivity contribution is 7.11. The van der Waals surface area contributed by atoms with E-state index in [0.717, 1.165) is 11.6 Å². The average Bonchev–Trinajstić information content (AvgIpc) is 2.60. The first-order chi connectivity index (χ1) is 7.22. The maximum Gasteiger partial charge on any atom is 0.307 e. The van der Waals surface area contributed by atoms with Crippen molar-refractivity contribution in [3.8, 4) is 0 Å². The zero-order valence-electron chi connectivity index (χ0n) is 9.08. The van der Waals surface area contributed by atoms with Crippen molar-refractivity contribution < 1.29 is 9.53 Å². The summed E-state index contributed by atoms with van der Waals surface area (Å²) < 4.78 is 4.81. The Hall–Kier alpha value is -0.940. The van der Waals surface area contributed by atoms with Gasteiger partial charge in [-0.15, -0.1) is 11.3 Å². The van der Waals surface area contributed by atoms with Crippen LogP contribution in [-0.2, 0) is 16.1 Å². The molecule has 0 atom stereocenters. The van der Waals surface area contributed by atoms with Crippen molar-refractivity contribution >= 4 is 17.3 Å². The number of rotatable bonds is 6. The van der Waals surface area contributed by atoms with Gasteiger partial charge in [-0.1, -0.05) is 0 Å². The molecular weight excluding hydrogens is 212 g/mol. The van der Waals surface area contributed by atoms with Crippen LogP contribution in [0.3, 0.4) is 0 Å². The molecule has 4 nitrogen and oxygen atoms in total. The van der Waals surface area contributed by atoms with Gasteiger partial charge in [0.1, 0.15) is 0 Å². The average molecular weight is 228 g/mol. The summed E-state index contributed by atoms with van der Waals surface area (Å²) >= 11 is 1.67. The number of aryl methyl sites for hydroxylation is 1. The molecule has 0 spiro atoms.